The summed E-state index contributed by atoms with van der Waals surface area (Å²) in [7, 11) is 0. The average Bonchev–Trinajstić information content (AvgIpc) is 3.40. The first-order chi connectivity index (χ1) is 17.5. The van der Waals surface area contributed by atoms with Gasteiger partial charge >= 0.3 is 0 Å². The summed E-state index contributed by atoms with van der Waals surface area (Å²) in [5.74, 6) is -0.270. The zero-order valence-electron chi connectivity index (χ0n) is 21.0. The number of nitrogens with zero attached hydrogens (tertiary/aromatic N) is 7. The maximum atomic E-state index is 12.7. The monoisotopic (exact) mass is 503 g/mol. The fourth-order valence-corrected chi connectivity index (χ4v) is 5.14. The molecule has 0 aliphatic carbocycles. The highest BCUT2D eigenvalue weighted by Gasteiger charge is 2.42. The van der Waals surface area contributed by atoms with E-state index >= 15 is 0 Å². The van der Waals surface area contributed by atoms with Gasteiger partial charge in [0.2, 0.25) is 0 Å². The number of nitrogens with one attached hydrogen (secondary N) is 1. The van der Waals surface area contributed by atoms with Crippen LogP contribution in [0.5, 0.6) is 0 Å². The number of hydrogen-bond acceptors (Lipinski definition) is 9. The van der Waals surface area contributed by atoms with Crippen LogP contribution in [-0.2, 0) is 4.79 Å². The molecule has 3 aromatic heterocycles. The highest BCUT2D eigenvalue weighted by molar-refractivity contribution is 6.04. The van der Waals surface area contributed by atoms with Crippen molar-refractivity contribution in [2.75, 3.05) is 34.8 Å². The molecule has 4 N–H and O–H groups in total. The number of hydrogen-bond donors (Lipinski definition) is 3. The van der Waals surface area contributed by atoms with Gasteiger partial charge in [0, 0.05) is 37.5 Å². The van der Waals surface area contributed by atoms with Crippen molar-refractivity contribution in [3.8, 4) is 6.07 Å². The number of nitriles is 1. The van der Waals surface area contributed by atoms with Gasteiger partial charge in [0.25, 0.3) is 11.8 Å². The van der Waals surface area contributed by atoms with Crippen molar-refractivity contribution >= 4 is 34.5 Å². The highest BCUT2D eigenvalue weighted by Crippen LogP contribution is 2.37. The average molecular weight is 504 g/mol. The number of carbonyl (C=O) groups is 2. The van der Waals surface area contributed by atoms with Crippen molar-refractivity contribution in [3.05, 3.63) is 42.1 Å². The summed E-state index contributed by atoms with van der Waals surface area (Å²) in [5, 5.41) is 27.2. The lowest BCUT2D eigenvalue weighted by Crippen LogP contribution is -2.52. The van der Waals surface area contributed by atoms with Crippen molar-refractivity contribution in [2.24, 2.45) is 11.1 Å². The van der Waals surface area contributed by atoms with E-state index in [9.17, 15) is 14.7 Å². The number of nitrogens with two attached hydrogens (primary N) is 1. The molecule has 2 fully saturated rings. The van der Waals surface area contributed by atoms with Gasteiger partial charge in [0.1, 0.15) is 17.5 Å². The van der Waals surface area contributed by atoms with Gasteiger partial charge in [0.05, 0.1) is 47.2 Å². The van der Waals surface area contributed by atoms with Crippen LogP contribution in [0.2, 0.25) is 0 Å². The van der Waals surface area contributed by atoms with Crippen LogP contribution in [0.4, 0.5) is 17.2 Å². The van der Waals surface area contributed by atoms with Gasteiger partial charge in [-0.05, 0) is 19.4 Å². The van der Waals surface area contributed by atoms with E-state index in [-0.39, 0.29) is 28.6 Å². The number of aromatic nitrogens is 4. The van der Waals surface area contributed by atoms with E-state index in [1.165, 1.54) is 24.2 Å². The summed E-state index contributed by atoms with van der Waals surface area (Å²) in [4.78, 5) is 37.2. The first kappa shape index (κ1) is 24.5. The summed E-state index contributed by atoms with van der Waals surface area (Å²) in [6, 6.07) is 3.75. The number of anilines is 3. The second kappa shape index (κ2) is 8.70. The highest BCUT2D eigenvalue weighted by atomic mass is 16.3. The molecule has 37 heavy (non-hydrogen) atoms. The number of carbonyl (C=O) groups excluding carboxylic acids is 2. The lowest BCUT2D eigenvalue weighted by Gasteiger charge is -2.45. The Bertz CT molecular complexity index is 1420. The molecular weight excluding hydrogens is 474 g/mol. The van der Waals surface area contributed by atoms with Gasteiger partial charge in [0.15, 0.2) is 5.69 Å². The summed E-state index contributed by atoms with van der Waals surface area (Å²) < 4.78 is 1.61. The van der Waals surface area contributed by atoms with Crippen LogP contribution >= 0.6 is 0 Å². The minimum absolute atomic E-state index is 0.0214. The zero-order chi connectivity index (χ0) is 26.5. The first-order valence-corrected chi connectivity index (χ1v) is 12.1. The third kappa shape index (κ3) is 4.31. The number of fused-ring (bicyclic) bond motifs is 1. The lowest BCUT2D eigenvalue weighted by atomic mass is 9.79. The second-order valence-electron chi connectivity index (χ2n) is 10.6. The maximum Gasteiger partial charge on any atom is 0.258 e. The molecule has 12 nitrogen and oxygen atoms in total. The van der Waals surface area contributed by atoms with Crippen molar-refractivity contribution in [1.82, 2.24) is 19.6 Å². The third-order valence-corrected chi connectivity index (χ3v) is 7.35. The molecule has 2 saturated heterocycles. The second-order valence-corrected chi connectivity index (χ2v) is 10.6. The van der Waals surface area contributed by atoms with Crippen molar-refractivity contribution < 1.29 is 14.7 Å². The fourth-order valence-electron chi connectivity index (χ4n) is 5.14. The third-order valence-electron chi connectivity index (χ3n) is 7.35. The Morgan fingerprint density at radius 2 is 2.03 bits per heavy atom. The molecule has 12 heteroatoms. The molecule has 0 bridgehead atoms. The minimum atomic E-state index is -1.40. The number of rotatable bonds is 5. The zero-order valence-corrected chi connectivity index (χ0v) is 21.0. The Kier molecular flexibility index (Phi) is 5.75. The van der Waals surface area contributed by atoms with Crippen LogP contribution in [-0.4, -0.2) is 67.8 Å². The summed E-state index contributed by atoms with van der Waals surface area (Å²) in [5.41, 5.74) is 6.35. The molecule has 2 atom stereocenters. The number of amides is 2. The smallest absolute Gasteiger partial charge is 0.258 e. The molecule has 5 heterocycles. The Labute approximate surface area is 213 Å². The molecule has 5 rings (SSSR count). The van der Waals surface area contributed by atoms with Gasteiger partial charge in [-0.3, -0.25) is 9.59 Å². The van der Waals surface area contributed by atoms with Crippen molar-refractivity contribution in [3.63, 3.8) is 0 Å². The van der Waals surface area contributed by atoms with Crippen LogP contribution in [0.1, 0.15) is 49.7 Å². The van der Waals surface area contributed by atoms with E-state index in [0.717, 1.165) is 6.42 Å². The molecule has 0 saturated carbocycles. The molecule has 2 aliphatic heterocycles. The van der Waals surface area contributed by atoms with Crippen LogP contribution in [0.25, 0.3) is 5.52 Å². The molecule has 192 valence electrons. The Morgan fingerprint density at radius 1 is 1.24 bits per heavy atom. The van der Waals surface area contributed by atoms with E-state index in [2.05, 4.69) is 39.1 Å². The molecular formula is C25H29N9O3. The molecule has 0 spiro atoms. The molecule has 3 aromatic rings. The SMILES string of the molecule is CC1(O)CCN(c2cc3c(N[C@@H]4CCN(c5cnc(C#N)cn5)CC4(C)C)c(C(N)=O)cnn3c2)C1=O. The van der Waals surface area contributed by atoms with E-state index in [1.54, 1.807) is 23.0 Å². The van der Waals surface area contributed by atoms with E-state index in [0.29, 0.717) is 48.8 Å². The largest absolute Gasteiger partial charge is 0.380 e. The Hall–Kier alpha value is -4.24. The van der Waals surface area contributed by atoms with Crippen LogP contribution in [0.15, 0.2) is 30.9 Å². The van der Waals surface area contributed by atoms with Crippen LogP contribution in [0, 0.1) is 16.7 Å². The van der Waals surface area contributed by atoms with Gasteiger partial charge in [-0.15, -0.1) is 0 Å². The molecule has 2 aliphatic rings. The topological polar surface area (TPSA) is 166 Å². The summed E-state index contributed by atoms with van der Waals surface area (Å²) in [6.07, 6.45) is 7.29. The number of piperidine rings is 1. The van der Waals surface area contributed by atoms with Gasteiger partial charge in [-0.25, -0.2) is 14.5 Å². The Balaban J connectivity index is 1.45. The van der Waals surface area contributed by atoms with Gasteiger partial charge in [-0.1, -0.05) is 13.8 Å². The standard InChI is InChI=1S/C25H29N9O3/c1-24(2)14-32(20-12-28-15(9-26)10-29-20)6-4-19(24)31-21-17(22(27)35)11-30-34-13-16(8-18(21)34)33-7-5-25(3,37)23(33)36/h8,10-13,19,31,37H,4-7,14H2,1-3H3,(H2,27,35)/t19-,25?/m1/s1. The summed E-state index contributed by atoms with van der Waals surface area (Å²) in [6.45, 7) is 7.52. The molecule has 0 aromatic carbocycles. The normalized spacial score (nSPS) is 23.3. The first-order valence-electron chi connectivity index (χ1n) is 12.1. The quantitative estimate of drug-likeness (QED) is 0.465. The molecule has 1 unspecified atom stereocenters. The van der Waals surface area contributed by atoms with Crippen molar-refractivity contribution in [2.45, 2.75) is 45.3 Å². The number of primary amides is 1. The van der Waals surface area contributed by atoms with Crippen molar-refractivity contribution in [1.29, 1.82) is 5.26 Å². The minimum Gasteiger partial charge on any atom is -0.380 e. The lowest BCUT2D eigenvalue weighted by molar-refractivity contribution is -0.131. The summed E-state index contributed by atoms with van der Waals surface area (Å²) >= 11 is 0. The Morgan fingerprint density at radius 3 is 2.62 bits per heavy atom. The van der Waals surface area contributed by atoms with E-state index < -0.39 is 11.5 Å². The maximum absolute atomic E-state index is 12.7. The molecule has 2 amide bonds. The van der Waals surface area contributed by atoms with Gasteiger partial charge in [-0.2, -0.15) is 10.4 Å². The van der Waals surface area contributed by atoms with Crippen LogP contribution < -0.4 is 20.9 Å². The predicted octanol–water partition coefficient (Wildman–Crippen LogP) is 1.30. The van der Waals surface area contributed by atoms with E-state index in [1.807, 2.05) is 6.07 Å². The molecule has 0 radical (unpaired) electrons. The number of aliphatic hydroxyl groups is 1. The van der Waals surface area contributed by atoms with E-state index in [4.69, 9.17) is 11.0 Å². The van der Waals surface area contributed by atoms with Gasteiger partial charge < -0.3 is 26.0 Å². The fraction of sp³-hybridized carbons (Fsp3) is 0.440. The predicted molar refractivity (Wildman–Crippen MR) is 136 cm³/mol. The van der Waals surface area contributed by atoms with Crippen LogP contribution in [0.3, 0.4) is 0 Å².